The van der Waals surface area contributed by atoms with Gasteiger partial charge in [-0.05, 0) is 19.8 Å². The Kier molecular flexibility index (Phi) is 11.6. The third-order valence-electron chi connectivity index (χ3n) is 3.84. The van der Waals surface area contributed by atoms with E-state index in [1.165, 1.54) is 6.92 Å². The minimum atomic E-state index is -1.57. The zero-order chi connectivity index (χ0) is 23.4. The van der Waals surface area contributed by atoms with Crippen molar-refractivity contribution >= 4 is 35.6 Å². The molecule has 0 aromatic heterocycles. The fourth-order valence-electron chi connectivity index (χ4n) is 2.08. The van der Waals surface area contributed by atoms with Crippen LogP contribution < -0.4 is 21.7 Å². The average molecular weight is 434 g/mol. The van der Waals surface area contributed by atoms with Gasteiger partial charge in [-0.25, -0.2) is 4.79 Å². The molecule has 0 aromatic carbocycles. The number of carboxylic acid groups (broad SMARTS) is 3. The maximum atomic E-state index is 12.1. The monoisotopic (exact) mass is 434 g/mol. The van der Waals surface area contributed by atoms with Crippen molar-refractivity contribution in [2.75, 3.05) is 6.61 Å². The number of carboxylic acids is 3. The second-order valence-corrected chi connectivity index (χ2v) is 6.34. The van der Waals surface area contributed by atoms with Crippen molar-refractivity contribution in [3.63, 3.8) is 0 Å². The Balaban J connectivity index is 4.80. The maximum absolute atomic E-state index is 12.1. The van der Waals surface area contributed by atoms with Crippen LogP contribution in [0.4, 0.5) is 0 Å². The van der Waals surface area contributed by atoms with Gasteiger partial charge in [0.15, 0.2) is 0 Å². The average Bonchev–Trinajstić information content (AvgIpc) is 2.66. The van der Waals surface area contributed by atoms with Gasteiger partial charge in [-0.15, -0.1) is 0 Å². The molecular formula is C16H26N4O10. The molecule has 0 fully saturated rings. The molecule has 14 heteroatoms. The van der Waals surface area contributed by atoms with Crippen LogP contribution in [0.5, 0.6) is 0 Å². The van der Waals surface area contributed by atoms with Crippen molar-refractivity contribution in [1.82, 2.24) is 16.0 Å². The number of aliphatic hydroxyl groups is 1. The van der Waals surface area contributed by atoms with Crippen molar-refractivity contribution in [3.8, 4) is 0 Å². The molecule has 0 rings (SSSR count). The number of rotatable bonds is 14. The van der Waals surface area contributed by atoms with Gasteiger partial charge in [0.05, 0.1) is 12.6 Å². The van der Waals surface area contributed by atoms with Crippen LogP contribution in [-0.4, -0.2) is 86.8 Å². The molecule has 0 saturated carbocycles. The van der Waals surface area contributed by atoms with E-state index >= 15 is 0 Å². The smallest absolute Gasteiger partial charge is 0.326 e. The van der Waals surface area contributed by atoms with Crippen LogP contribution in [0, 0.1) is 0 Å². The van der Waals surface area contributed by atoms with Crippen molar-refractivity contribution in [1.29, 1.82) is 0 Å². The lowest BCUT2D eigenvalue weighted by Gasteiger charge is -2.22. The molecule has 0 aromatic rings. The van der Waals surface area contributed by atoms with E-state index in [9.17, 15) is 33.9 Å². The highest BCUT2D eigenvalue weighted by Crippen LogP contribution is 2.00. The van der Waals surface area contributed by atoms with Gasteiger partial charge in [-0.1, -0.05) is 0 Å². The standard InChI is InChI=1S/C16H26N4O10/c1-7(18-14(27)8(17)2-4-11(22)23)13(26)20-10(6-21)15(28)19-9(16(29)30)3-5-12(24)25/h7-10,21H,2-6,17H2,1H3,(H,18,27)(H,19,28)(H,20,26)(H,22,23)(H,24,25)(H,29,30). The topological polar surface area (TPSA) is 245 Å². The summed E-state index contributed by atoms with van der Waals surface area (Å²) < 4.78 is 0. The summed E-state index contributed by atoms with van der Waals surface area (Å²) in [7, 11) is 0. The number of carbonyl (C=O) groups is 6. The van der Waals surface area contributed by atoms with E-state index in [1.807, 2.05) is 5.32 Å². The molecule has 3 amide bonds. The molecule has 0 spiro atoms. The first-order chi connectivity index (χ1) is 13.9. The molecule has 4 unspecified atom stereocenters. The van der Waals surface area contributed by atoms with E-state index in [1.54, 1.807) is 0 Å². The summed E-state index contributed by atoms with van der Waals surface area (Å²) in [6.07, 6.45) is -1.46. The summed E-state index contributed by atoms with van der Waals surface area (Å²) in [6.45, 7) is 0.345. The van der Waals surface area contributed by atoms with Crippen LogP contribution in [0.2, 0.25) is 0 Å². The maximum Gasteiger partial charge on any atom is 0.326 e. The van der Waals surface area contributed by atoms with Gasteiger partial charge in [0.2, 0.25) is 17.7 Å². The fraction of sp³-hybridized carbons (Fsp3) is 0.625. The van der Waals surface area contributed by atoms with Crippen molar-refractivity contribution < 1.29 is 49.2 Å². The van der Waals surface area contributed by atoms with Crippen LogP contribution in [0.25, 0.3) is 0 Å². The van der Waals surface area contributed by atoms with Gasteiger partial charge in [-0.2, -0.15) is 0 Å². The van der Waals surface area contributed by atoms with E-state index in [0.29, 0.717) is 0 Å². The third kappa shape index (κ3) is 10.3. The molecular weight excluding hydrogens is 408 g/mol. The second-order valence-electron chi connectivity index (χ2n) is 6.34. The van der Waals surface area contributed by atoms with E-state index in [0.717, 1.165) is 0 Å². The lowest BCUT2D eigenvalue weighted by atomic mass is 10.1. The van der Waals surface area contributed by atoms with E-state index in [4.69, 9.17) is 21.1 Å². The number of aliphatic carboxylic acids is 3. The van der Waals surface area contributed by atoms with Crippen molar-refractivity contribution in [3.05, 3.63) is 0 Å². The summed E-state index contributed by atoms with van der Waals surface area (Å²) in [6, 6.07) is -5.51. The first kappa shape index (κ1) is 26.7. The molecule has 0 bridgehead atoms. The minimum Gasteiger partial charge on any atom is -0.481 e. The summed E-state index contributed by atoms with van der Waals surface area (Å²) in [5.41, 5.74) is 5.51. The van der Waals surface area contributed by atoms with Crippen LogP contribution >= 0.6 is 0 Å². The first-order valence-electron chi connectivity index (χ1n) is 8.83. The molecule has 0 radical (unpaired) electrons. The second kappa shape index (κ2) is 13.1. The predicted octanol–water partition coefficient (Wildman–Crippen LogP) is -3.41. The van der Waals surface area contributed by atoms with Gasteiger partial charge >= 0.3 is 17.9 Å². The number of amides is 3. The highest BCUT2D eigenvalue weighted by Gasteiger charge is 2.28. The highest BCUT2D eigenvalue weighted by molar-refractivity contribution is 5.94. The van der Waals surface area contributed by atoms with Gasteiger partial charge in [0.1, 0.15) is 18.1 Å². The van der Waals surface area contributed by atoms with E-state index < -0.39 is 79.2 Å². The van der Waals surface area contributed by atoms with E-state index in [2.05, 4.69) is 10.6 Å². The molecule has 170 valence electrons. The van der Waals surface area contributed by atoms with E-state index in [-0.39, 0.29) is 12.8 Å². The van der Waals surface area contributed by atoms with Crippen LogP contribution in [0.1, 0.15) is 32.6 Å². The number of aliphatic hydroxyl groups excluding tert-OH is 1. The largest absolute Gasteiger partial charge is 0.481 e. The Morgan fingerprint density at radius 2 is 1.27 bits per heavy atom. The molecule has 4 atom stereocenters. The molecule has 0 aliphatic carbocycles. The Bertz CT molecular complexity index is 668. The number of carbonyl (C=O) groups excluding carboxylic acids is 3. The Labute approximate surface area is 170 Å². The van der Waals surface area contributed by atoms with Gasteiger partial charge in [-0.3, -0.25) is 24.0 Å². The van der Waals surface area contributed by atoms with Gasteiger partial charge in [0.25, 0.3) is 0 Å². The van der Waals surface area contributed by atoms with Gasteiger partial charge in [0, 0.05) is 12.8 Å². The predicted molar refractivity (Wildman–Crippen MR) is 97.9 cm³/mol. The number of hydrogen-bond acceptors (Lipinski definition) is 8. The molecule has 0 aliphatic heterocycles. The third-order valence-corrected chi connectivity index (χ3v) is 3.84. The lowest BCUT2D eigenvalue weighted by molar-refractivity contribution is -0.144. The number of nitrogens with one attached hydrogen (secondary N) is 3. The Morgan fingerprint density at radius 3 is 1.73 bits per heavy atom. The zero-order valence-electron chi connectivity index (χ0n) is 16.2. The number of hydrogen-bond donors (Lipinski definition) is 8. The zero-order valence-corrected chi connectivity index (χ0v) is 16.2. The Hall–Kier alpha value is -3.26. The summed E-state index contributed by atoms with van der Waals surface area (Å²) >= 11 is 0. The first-order valence-corrected chi connectivity index (χ1v) is 8.83. The number of nitrogens with two attached hydrogens (primary N) is 1. The minimum absolute atomic E-state index is 0.163. The van der Waals surface area contributed by atoms with Crippen LogP contribution in [-0.2, 0) is 28.8 Å². The van der Waals surface area contributed by atoms with Crippen molar-refractivity contribution in [2.24, 2.45) is 5.73 Å². The molecule has 0 heterocycles. The van der Waals surface area contributed by atoms with Crippen molar-refractivity contribution in [2.45, 2.75) is 56.8 Å². The van der Waals surface area contributed by atoms with Gasteiger partial charge < -0.3 is 42.1 Å². The Morgan fingerprint density at radius 1 is 0.767 bits per heavy atom. The molecule has 0 aliphatic rings. The summed E-state index contributed by atoms with van der Waals surface area (Å²) in [4.78, 5) is 68.3. The normalized spacial score (nSPS) is 14.5. The molecule has 0 saturated heterocycles. The highest BCUT2D eigenvalue weighted by atomic mass is 16.4. The SMILES string of the molecule is CC(NC(=O)C(N)CCC(=O)O)C(=O)NC(CO)C(=O)NC(CCC(=O)O)C(=O)O. The molecule has 14 nitrogen and oxygen atoms in total. The fourth-order valence-corrected chi connectivity index (χ4v) is 2.08. The lowest BCUT2D eigenvalue weighted by Crippen LogP contribution is -2.57. The summed E-state index contributed by atoms with van der Waals surface area (Å²) in [5.74, 6) is -6.69. The van der Waals surface area contributed by atoms with Crippen LogP contribution in [0.3, 0.4) is 0 Å². The molecule has 30 heavy (non-hydrogen) atoms. The summed E-state index contributed by atoms with van der Waals surface area (Å²) in [5, 5.41) is 41.9. The molecule has 9 N–H and O–H groups in total. The van der Waals surface area contributed by atoms with Crippen LogP contribution in [0.15, 0.2) is 0 Å². The quantitative estimate of drug-likeness (QED) is 0.134.